The standard InChI is InChI=1S/C13H10Br2N2O/c1-8-2-3-10(14)7-11(8)17-13(18)9-4-5-16-12(15)6-9/h2-7H,1H3,(H,17,18). The van der Waals surface area contributed by atoms with Crippen LogP contribution in [-0.2, 0) is 0 Å². The van der Waals surface area contributed by atoms with Gasteiger partial charge in [-0.1, -0.05) is 22.0 Å². The lowest BCUT2D eigenvalue weighted by Gasteiger charge is -2.09. The second-order valence-electron chi connectivity index (χ2n) is 3.78. The third-order valence-corrected chi connectivity index (χ3v) is 3.36. The van der Waals surface area contributed by atoms with E-state index in [4.69, 9.17) is 0 Å². The molecular formula is C13H10Br2N2O. The fourth-order valence-electron chi connectivity index (χ4n) is 1.47. The largest absolute Gasteiger partial charge is 0.322 e. The number of aromatic nitrogens is 1. The minimum atomic E-state index is -0.153. The van der Waals surface area contributed by atoms with Gasteiger partial charge in [0.05, 0.1) is 0 Å². The Morgan fingerprint density at radius 3 is 2.72 bits per heavy atom. The number of rotatable bonds is 2. The summed E-state index contributed by atoms with van der Waals surface area (Å²) in [6.07, 6.45) is 1.59. The van der Waals surface area contributed by atoms with Crippen molar-refractivity contribution in [3.8, 4) is 0 Å². The monoisotopic (exact) mass is 368 g/mol. The molecule has 2 rings (SSSR count). The summed E-state index contributed by atoms with van der Waals surface area (Å²) in [5.41, 5.74) is 2.37. The molecule has 0 radical (unpaired) electrons. The van der Waals surface area contributed by atoms with Gasteiger partial charge in [-0.05, 0) is 52.7 Å². The van der Waals surface area contributed by atoms with Crippen LogP contribution in [-0.4, -0.2) is 10.9 Å². The quantitative estimate of drug-likeness (QED) is 0.807. The van der Waals surface area contributed by atoms with Gasteiger partial charge in [-0.25, -0.2) is 4.98 Å². The molecule has 0 bridgehead atoms. The molecule has 1 aromatic carbocycles. The molecule has 1 N–H and O–H groups in total. The van der Waals surface area contributed by atoms with Crippen molar-refractivity contribution in [2.45, 2.75) is 6.92 Å². The highest BCUT2D eigenvalue weighted by atomic mass is 79.9. The first-order valence-electron chi connectivity index (χ1n) is 5.25. The molecule has 3 nitrogen and oxygen atoms in total. The van der Waals surface area contributed by atoms with Crippen LogP contribution in [0.3, 0.4) is 0 Å². The number of hydrogen-bond donors (Lipinski definition) is 1. The van der Waals surface area contributed by atoms with Crippen molar-refractivity contribution in [3.05, 3.63) is 56.7 Å². The molecule has 0 unspecified atom stereocenters. The second kappa shape index (κ2) is 5.63. The maximum Gasteiger partial charge on any atom is 0.255 e. The number of anilines is 1. The minimum Gasteiger partial charge on any atom is -0.322 e. The van der Waals surface area contributed by atoms with Crippen LogP contribution in [0.1, 0.15) is 15.9 Å². The molecule has 0 saturated carbocycles. The van der Waals surface area contributed by atoms with Crippen molar-refractivity contribution in [2.24, 2.45) is 0 Å². The van der Waals surface area contributed by atoms with Crippen molar-refractivity contribution in [2.75, 3.05) is 5.32 Å². The summed E-state index contributed by atoms with van der Waals surface area (Å²) >= 11 is 6.63. The molecule has 1 aromatic heterocycles. The number of nitrogens with one attached hydrogen (secondary N) is 1. The molecule has 1 heterocycles. The molecule has 0 aliphatic rings. The summed E-state index contributed by atoms with van der Waals surface area (Å²) in [6.45, 7) is 1.95. The molecule has 0 fully saturated rings. The number of amides is 1. The van der Waals surface area contributed by atoms with Gasteiger partial charge in [-0.3, -0.25) is 4.79 Å². The van der Waals surface area contributed by atoms with Crippen LogP contribution >= 0.6 is 31.9 Å². The molecule has 1 amide bonds. The van der Waals surface area contributed by atoms with Crippen molar-refractivity contribution in [1.29, 1.82) is 0 Å². The van der Waals surface area contributed by atoms with E-state index in [9.17, 15) is 4.79 Å². The predicted molar refractivity (Wildman–Crippen MR) is 78.8 cm³/mol. The average molecular weight is 370 g/mol. The molecule has 0 spiro atoms. The summed E-state index contributed by atoms with van der Waals surface area (Å²) in [5.74, 6) is -0.153. The molecule has 0 aliphatic heterocycles. The number of halogens is 2. The lowest BCUT2D eigenvalue weighted by Crippen LogP contribution is -2.12. The van der Waals surface area contributed by atoms with Crippen LogP contribution in [0.15, 0.2) is 45.6 Å². The van der Waals surface area contributed by atoms with Gasteiger partial charge in [0.2, 0.25) is 0 Å². The van der Waals surface area contributed by atoms with Crippen LogP contribution in [0, 0.1) is 6.92 Å². The Bertz CT molecular complexity index is 599. The highest BCUT2D eigenvalue weighted by molar-refractivity contribution is 9.10. The Kier molecular flexibility index (Phi) is 4.14. The molecular weight excluding hydrogens is 360 g/mol. The normalized spacial score (nSPS) is 10.2. The summed E-state index contributed by atoms with van der Waals surface area (Å²) in [6, 6.07) is 9.12. The van der Waals surface area contributed by atoms with E-state index in [2.05, 4.69) is 42.2 Å². The predicted octanol–water partition coefficient (Wildman–Crippen LogP) is 4.17. The van der Waals surface area contributed by atoms with Crippen molar-refractivity contribution >= 4 is 43.5 Å². The molecule has 18 heavy (non-hydrogen) atoms. The van der Waals surface area contributed by atoms with Gasteiger partial charge in [-0.2, -0.15) is 0 Å². The van der Waals surface area contributed by atoms with E-state index in [-0.39, 0.29) is 5.91 Å². The van der Waals surface area contributed by atoms with Gasteiger partial charge >= 0.3 is 0 Å². The van der Waals surface area contributed by atoms with Crippen LogP contribution in [0.4, 0.5) is 5.69 Å². The Morgan fingerprint density at radius 1 is 1.22 bits per heavy atom. The third kappa shape index (κ3) is 3.17. The van der Waals surface area contributed by atoms with Gasteiger partial charge < -0.3 is 5.32 Å². The number of carbonyl (C=O) groups excluding carboxylic acids is 1. The Hall–Kier alpha value is -1.20. The van der Waals surface area contributed by atoms with Gasteiger partial charge in [0.1, 0.15) is 4.60 Å². The topological polar surface area (TPSA) is 42.0 Å². The van der Waals surface area contributed by atoms with E-state index in [0.29, 0.717) is 10.2 Å². The molecule has 0 saturated heterocycles. The van der Waals surface area contributed by atoms with Crippen molar-refractivity contribution < 1.29 is 4.79 Å². The maximum atomic E-state index is 12.1. The van der Waals surface area contributed by atoms with Gasteiger partial charge in [0.15, 0.2) is 0 Å². The smallest absolute Gasteiger partial charge is 0.255 e. The fourth-order valence-corrected chi connectivity index (χ4v) is 2.19. The fraction of sp³-hybridized carbons (Fsp3) is 0.0769. The van der Waals surface area contributed by atoms with Crippen LogP contribution < -0.4 is 5.32 Å². The molecule has 0 atom stereocenters. The maximum absolute atomic E-state index is 12.1. The van der Waals surface area contributed by atoms with E-state index in [1.54, 1.807) is 18.3 Å². The number of nitrogens with zero attached hydrogens (tertiary/aromatic N) is 1. The summed E-state index contributed by atoms with van der Waals surface area (Å²) in [4.78, 5) is 16.0. The highest BCUT2D eigenvalue weighted by Gasteiger charge is 2.08. The number of carbonyl (C=O) groups is 1. The summed E-state index contributed by atoms with van der Waals surface area (Å²) < 4.78 is 1.57. The van der Waals surface area contributed by atoms with Crippen LogP contribution in [0.2, 0.25) is 0 Å². The van der Waals surface area contributed by atoms with Crippen LogP contribution in [0.5, 0.6) is 0 Å². The second-order valence-corrected chi connectivity index (χ2v) is 5.51. The summed E-state index contributed by atoms with van der Waals surface area (Å²) in [5, 5.41) is 2.88. The third-order valence-electron chi connectivity index (χ3n) is 2.44. The first kappa shape index (κ1) is 13.2. The number of pyridine rings is 1. The lowest BCUT2D eigenvalue weighted by atomic mass is 10.2. The van der Waals surface area contributed by atoms with Crippen molar-refractivity contribution in [3.63, 3.8) is 0 Å². The van der Waals surface area contributed by atoms with E-state index in [1.165, 1.54) is 0 Å². The molecule has 5 heteroatoms. The SMILES string of the molecule is Cc1ccc(Br)cc1NC(=O)c1ccnc(Br)c1. The van der Waals surface area contributed by atoms with Crippen molar-refractivity contribution in [1.82, 2.24) is 4.98 Å². The minimum absolute atomic E-state index is 0.153. The zero-order chi connectivity index (χ0) is 13.1. The number of aryl methyl sites for hydroxylation is 1. The van der Waals surface area contributed by atoms with Gasteiger partial charge in [0, 0.05) is 21.9 Å². The first-order chi connectivity index (χ1) is 8.56. The zero-order valence-corrected chi connectivity index (χ0v) is 12.7. The zero-order valence-electron chi connectivity index (χ0n) is 9.58. The highest BCUT2D eigenvalue weighted by Crippen LogP contribution is 2.21. The summed E-state index contributed by atoms with van der Waals surface area (Å²) in [7, 11) is 0. The van der Waals surface area contributed by atoms with E-state index in [0.717, 1.165) is 15.7 Å². The number of hydrogen-bond acceptors (Lipinski definition) is 2. The number of benzene rings is 1. The van der Waals surface area contributed by atoms with Gasteiger partial charge in [-0.15, -0.1) is 0 Å². The van der Waals surface area contributed by atoms with Crippen LogP contribution in [0.25, 0.3) is 0 Å². The van der Waals surface area contributed by atoms with E-state index >= 15 is 0 Å². The van der Waals surface area contributed by atoms with E-state index in [1.807, 2.05) is 25.1 Å². The average Bonchev–Trinajstić information content (AvgIpc) is 2.34. The molecule has 92 valence electrons. The molecule has 2 aromatic rings. The Balaban J connectivity index is 2.24. The lowest BCUT2D eigenvalue weighted by molar-refractivity contribution is 0.102. The Labute approximate surface area is 122 Å². The van der Waals surface area contributed by atoms with Gasteiger partial charge in [0.25, 0.3) is 5.91 Å². The van der Waals surface area contributed by atoms with E-state index < -0.39 is 0 Å². The Morgan fingerprint density at radius 2 is 2.00 bits per heavy atom. The molecule has 0 aliphatic carbocycles. The first-order valence-corrected chi connectivity index (χ1v) is 6.84.